The largest absolute Gasteiger partial charge is 0.382 e. The fourth-order valence-corrected chi connectivity index (χ4v) is 1.97. The van der Waals surface area contributed by atoms with Crippen LogP contribution in [0.5, 0.6) is 0 Å². The van der Waals surface area contributed by atoms with Crippen LogP contribution in [0.4, 0.5) is 5.69 Å². The van der Waals surface area contributed by atoms with Crippen LogP contribution in [0.2, 0.25) is 0 Å². The van der Waals surface area contributed by atoms with Crippen molar-refractivity contribution in [3.05, 3.63) is 29.8 Å². The molecule has 0 spiro atoms. The van der Waals surface area contributed by atoms with Gasteiger partial charge in [0.1, 0.15) is 0 Å². The highest BCUT2D eigenvalue weighted by atomic mass is 16.5. The molecule has 0 aliphatic heterocycles. The fraction of sp³-hybridized carbons (Fsp3) is 0.600. The van der Waals surface area contributed by atoms with E-state index in [1.165, 1.54) is 11.3 Å². The van der Waals surface area contributed by atoms with E-state index in [1.807, 2.05) is 0 Å². The van der Waals surface area contributed by atoms with Gasteiger partial charge in [-0.15, -0.1) is 0 Å². The van der Waals surface area contributed by atoms with Crippen LogP contribution in [0.1, 0.15) is 12.0 Å². The summed E-state index contributed by atoms with van der Waals surface area (Å²) in [7, 11) is 1.68. The van der Waals surface area contributed by atoms with Gasteiger partial charge in [-0.25, -0.2) is 0 Å². The van der Waals surface area contributed by atoms with Crippen LogP contribution in [-0.2, 0) is 9.47 Å². The molecule has 19 heavy (non-hydrogen) atoms. The van der Waals surface area contributed by atoms with Gasteiger partial charge in [-0.3, -0.25) is 0 Å². The van der Waals surface area contributed by atoms with E-state index in [1.54, 1.807) is 7.11 Å². The summed E-state index contributed by atoms with van der Waals surface area (Å²) in [5.41, 5.74) is 8.17. The molecule has 4 nitrogen and oxygen atoms in total. The second kappa shape index (κ2) is 9.78. The summed E-state index contributed by atoms with van der Waals surface area (Å²) in [6.07, 6.45) is 0.992. The van der Waals surface area contributed by atoms with Crippen LogP contribution < -0.4 is 10.6 Å². The highest BCUT2D eigenvalue weighted by molar-refractivity contribution is 5.52. The first-order chi connectivity index (χ1) is 9.29. The number of ether oxygens (including phenoxy) is 2. The predicted molar refractivity (Wildman–Crippen MR) is 79.8 cm³/mol. The Hall–Kier alpha value is -1.10. The highest BCUT2D eigenvalue weighted by Crippen LogP contribution is 2.19. The van der Waals surface area contributed by atoms with Crippen molar-refractivity contribution in [1.29, 1.82) is 0 Å². The highest BCUT2D eigenvalue weighted by Gasteiger charge is 2.08. The molecule has 0 heterocycles. The number of hydrogen-bond donors (Lipinski definition) is 1. The van der Waals surface area contributed by atoms with Gasteiger partial charge in [0.25, 0.3) is 0 Å². The molecule has 2 N–H and O–H groups in total. The minimum Gasteiger partial charge on any atom is -0.382 e. The van der Waals surface area contributed by atoms with Crippen molar-refractivity contribution >= 4 is 5.69 Å². The van der Waals surface area contributed by atoms with Crippen molar-refractivity contribution in [1.82, 2.24) is 0 Å². The zero-order chi connectivity index (χ0) is 13.9. The summed E-state index contributed by atoms with van der Waals surface area (Å²) in [4.78, 5) is 2.34. The molecule has 1 aromatic carbocycles. The zero-order valence-corrected chi connectivity index (χ0v) is 12.1. The maximum absolute atomic E-state index is 5.61. The van der Waals surface area contributed by atoms with Crippen LogP contribution in [0.15, 0.2) is 24.3 Å². The third-order valence-electron chi connectivity index (χ3n) is 3.03. The summed E-state index contributed by atoms with van der Waals surface area (Å²) in [6, 6.07) is 8.43. The maximum Gasteiger partial charge on any atom is 0.0701 e. The number of para-hydroxylation sites is 1. The molecule has 0 aliphatic rings. The molecule has 0 atom stereocenters. The van der Waals surface area contributed by atoms with Crippen molar-refractivity contribution in [2.45, 2.75) is 13.3 Å². The molecule has 0 aromatic heterocycles. The van der Waals surface area contributed by atoms with Crippen molar-refractivity contribution in [2.24, 2.45) is 5.73 Å². The minimum atomic E-state index is 0.646. The molecule has 0 radical (unpaired) electrons. The Morgan fingerprint density at radius 2 is 1.89 bits per heavy atom. The van der Waals surface area contributed by atoms with Crippen molar-refractivity contribution in [3.8, 4) is 0 Å². The fourth-order valence-electron chi connectivity index (χ4n) is 1.97. The second-order valence-electron chi connectivity index (χ2n) is 4.52. The summed E-state index contributed by atoms with van der Waals surface area (Å²) in [6.45, 7) is 6.71. The molecule has 0 amide bonds. The first kappa shape index (κ1) is 16.0. The smallest absolute Gasteiger partial charge is 0.0701 e. The van der Waals surface area contributed by atoms with Gasteiger partial charge in [0, 0.05) is 25.9 Å². The van der Waals surface area contributed by atoms with Crippen LogP contribution in [0.25, 0.3) is 0 Å². The Kier molecular flexibility index (Phi) is 8.21. The van der Waals surface area contributed by atoms with E-state index in [2.05, 4.69) is 36.1 Å². The number of benzene rings is 1. The normalized spacial score (nSPS) is 10.7. The Balaban J connectivity index is 2.49. The standard InChI is InChI=1S/C15H26N2O2/c1-14-6-3-4-7-15(14)17(9-5-8-16)10-11-19-13-12-18-2/h3-4,6-7H,5,8-13,16H2,1-2H3. The summed E-state index contributed by atoms with van der Waals surface area (Å²) >= 11 is 0. The number of anilines is 1. The van der Waals surface area contributed by atoms with Crippen molar-refractivity contribution < 1.29 is 9.47 Å². The van der Waals surface area contributed by atoms with Gasteiger partial charge in [0.05, 0.1) is 19.8 Å². The van der Waals surface area contributed by atoms with Gasteiger partial charge in [-0.1, -0.05) is 18.2 Å². The maximum atomic E-state index is 5.61. The molecule has 0 saturated carbocycles. The summed E-state index contributed by atoms with van der Waals surface area (Å²) in [5, 5.41) is 0. The Labute approximate surface area is 116 Å². The molecule has 0 bridgehead atoms. The van der Waals surface area contributed by atoms with Gasteiger partial charge < -0.3 is 20.1 Å². The molecule has 1 rings (SSSR count). The number of methoxy groups -OCH3 is 1. The quantitative estimate of drug-likeness (QED) is 0.656. The predicted octanol–water partition coefficient (Wildman–Crippen LogP) is 1.81. The van der Waals surface area contributed by atoms with Crippen LogP contribution >= 0.6 is 0 Å². The van der Waals surface area contributed by atoms with Gasteiger partial charge >= 0.3 is 0 Å². The Bertz CT molecular complexity index is 345. The van der Waals surface area contributed by atoms with Crippen molar-refractivity contribution in [3.63, 3.8) is 0 Å². The number of nitrogens with two attached hydrogens (primary N) is 1. The molecule has 4 heteroatoms. The van der Waals surface area contributed by atoms with Crippen LogP contribution in [0.3, 0.4) is 0 Å². The van der Waals surface area contributed by atoms with E-state index in [4.69, 9.17) is 15.2 Å². The first-order valence-electron chi connectivity index (χ1n) is 6.87. The number of hydrogen-bond acceptors (Lipinski definition) is 4. The second-order valence-corrected chi connectivity index (χ2v) is 4.52. The number of rotatable bonds is 10. The van der Waals surface area contributed by atoms with Gasteiger partial charge in [0.15, 0.2) is 0 Å². The van der Waals surface area contributed by atoms with Gasteiger partial charge in [-0.2, -0.15) is 0 Å². The Morgan fingerprint density at radius 1 is 1.11 bits per heavy atom. The van der Waals surface area contributed by atoms with Gasteiger partial charge in [-0.05, 0) is 31.5 Å². The lowest BCUT2D eigenvalue weighted by atomic mass is 10.1. The molecule has 108 valence electrons. The minimum absolute atomic E-state index is 0.646. The average Bonchev–Trinajstić information content (AvgIpc) is 2.43. The Morgan fingerprint density at radius 3 is 2.58 bits per heavy atom. The monoisotopic (exact) mass is 266 g/mol. The average molecular weight is 266 g/mol. The lowest BCUT2D eigenvalue weighted by molar-refractivity contribution is 0.0740. The van der Waals surface area contributed by atoms with Crippen molar-refractivity contribution in [2.75, 3.05) is 51.5 Å². The molecule has 1 aromatic rings. The molecule has 0 fully saturated rings. The van der Waals surface area contributed by atoms with E-state index < -0.39 is 0 Å². The number of nitrogens with zero attached hydrogens (tertiary/aromatic N) is 1. The molecule has 0 saturated heterocycles. The van der Waals surface area contributed by atoms with Crippen LogP contribution in [0, 0.1) is 6.92 Å². The number of aryl methyl sites for hydroxylation is 1. The molecule has 0 aliphatic carbocycles. The summed E-state index contributed by atoms with van der Waals surface area (Å²) in [5.74, 6) is 0. The summed E-state index contributed by atoms with van der Waals surface area (Å²) < 4.78 is 10.5. The van der Waals surface area contributed by atoms with E-state index in [9.17, 15) is 0 Å². The lowest BCUT2D eigenvalue weighted by Gasteiger charge is -2.26. The van der Waals surface area contributed by atoms with Gasteiger partial charge in [0.2, 0.25) is 0 Å². The third kappa shape index (κ3) is 6.05. The third-order valence-corrected chi connectivity index (χ3v) is 3.03. The van der Waals surface area contributed by atoms with E-state index in [0.29, 0.717) is 26.4 Å². The van der Waals surface area contributed by atoms with E-state index in [-0.39, 0.29) is 0 Å². The first-order valence-corrected chi connectivity index (χ1v) is 6.87. The SMILES string of the molecule is COCCOCCN(CCCN)c1ccccc1C. The lowest BCUT2D eigenvalue weighted by Crippen LogP contribution is -2.30. The molecule has 0 unspecified atom stereocenters. The van der Waals surface area contributed by atoms with Crippen LogP contribution in [-0.4, -0.2) is 46.6 Å². The molecular formula is C15H26N2O2. The molecular weight excluding hydrogens is 240 g/mol. The topological polar surface area (TPSA) is 47.7 Å². The van der Waals surface area contributed by atoms with E-state index >= 15 is 0 Å². The van der Waals surface area contributed by atoms with E-state index in [0.717, 1.165) is 19.5 Å². The zero-order valence-electron chi connectivity index (χ0n) is 12.1.